The molecule has 1 N–H and O–H groups in total. The number of ether oxygens (including phenoxy) is 2. The zero-order valence-electron chi connectivity index (χ0n) is 17.6. The van der Waals surface area contributed by atoms with Crippen LogP contribution in [-0.4, -0.2) is 44.5 Å². The topological polar surface area (TPSA) is 102 Å². The van der Waals surface area contributed by atoms with E-state index in [4.69, 9.17) is 9.47 Å². The molecule has 2 amide bonds. The van der Waals surface area contributed by atoms with Gasteiger partial charge in [-0.05, 0) is 42.3 Å². The van der Waals surface area contributed by atoms with Crippen LogP contribution in [0, 0.1) is 5.92 Å². The Bertz CT molecular complexity index is 1020. The summed E-state index contributed by atoms with van der Waals surface area (Å²) >= 11 is 0. The van der Waals surface area contributed by atoms with E-state index in [1.807, 2.05) is 31.2 Å². The van der Waals surface area contributed by atoms with E-state index >= 15 is 0 Å². The Morgan fingerprint density at radius 1 is 1.03 bits per heavy atom. The van der Waals surface area contributed by atoms with Crippen molar-refractivity contribution in [1.82, 2.24) is 0 Å². The molecule has 1 aliphatic rings. The van der Waals surface area contributed by atoms with E-state index in [-0.39, 0.29) is 35.7 Å². The van der Waals surface area contributed by atoms with Crippen LogP contribution in [-0.2, 0) is 25.5 Å². The standard InChI is InChI=1S/C23H24N2O6/c1-4-14-5-8-17(9-6-14)25-13-16(12-20(25)26)21(27)24-19-11-15(22(28)30-2)7-10-18(19)23(29)31-3/h5-11,16H,4,12-13H2,1-3H3,(H,24,27). The van der Waals surface area contributed by atoms with Gasteiger partial charge in [-0.25, -0.2) is 9.59 Å². The quantitative estimate of drug-likeness (QED) is 0.716. The van der Waals surface area contributed by atoms with E-state index in [0.29, 0.717) is 0 Å². The fraction of sp³-hybridized carbons (Fsp3) is 0.304. The number of nitrogens with one attached hydrogen (secondary N) is 1. The highest BCUT2D eigenvalue weighted by Gasteiger charge is 2.35. The number of hydrogen-bond acceptors (Lipinski definition) is 6. The predicted octanol–water partition coefficient (Wildman–Crippen LogP) is 2.81. The van der Waals surface area contributed by atoms with Crippen LogP contribution < -0.4 is 10.2 Å². The molecule has 0 saturated carbocycles. The largest absolute Gasteiger partial charge is 0.465 e. The van der Waals surface area contributed by atoms with Crippen molar-refractivity contribution >= 4 is 35.1 Å². The average Bonchev–Trinajstić information content (AvgIpc) is 3.19. The lowest BCUT2D eigenvalue weighted by molar-refractivity contribution is -0.122. The number of anilines is 2. The maximum absolute atomic E-state index is 12.9. The number of hydrogen-bond donors (Lipinski definition) is 1. The Balaban J connectivity index is 1.79. The van der Waals surface area contributed by atoms with Gasteiger partial charge in [0, 0.05) is 18.7 Å². The molecule has 0 aliphatic carbocycles. The molecule has 1 heterocycles. The Labute approximate surface area is 180 Å². The summed E-state index contributed by atoms with van der Waals surface area (Å²) in [4.78, 5) is 50.9. The van der Waals surface area contributed by atoms with Crippen LogP contribution >= 0.6 is 0 Å². The molecule has 1 unspecified atom stereocenters. The summed E-state index contributed by atoms with van der Waals surface area (Å²) < 4.78 is 9.45. The van der Waals surface area contributed by atoms with Crippen molar-refractivity contribution in [2.24, 2.45) is 5.92 Å². The highest BCUT2D eigenvalue weighted by molar-refractivity contribution is 6.07. The molecule has 0 bridgehead atoms. The van der Waals surface area contributed by atoms with E-state index in [1.165, 1.54) is 32.4 Å². The van der Waals surface area contributed by atoms with Gasteiger partial charge in [-0.1, -0.05) is 19.1 Å². The molecule has 162 valence electrons. The molecule has 0 spiro atoms. The molecular weight excluding hydrogens is 400 g/mol. The third-order valence-corrected chi connectivity index (χ3v) is 5.26. The summed E-state index contributed by atoms with van der Waals surface area (Å²) in [5, 5.41) is 2.67. The third-order valence-electron chi connectivity index (χ3n) is 5.26. The maximum atomic E-state index is 12.9. The highest BCUT2D eigenvalue weighted by atomic mass is 16.5. The monoisotopic (exact) mass is 424 g/mol. The maximum Gasteiger partial charge on any atom is 0.339 e. The summed E-state index contributed by atoms with van der Waals surface area (Å²) in [6.07, 6.45) is 0.942. The van der Waals surface area contributed by atoms with Gasteiger partial charge in [0.15, 0.2) is 0 Å². The normalized spacial score (nSPS) is 15.5. The number of amides is 2. The molecular formula is C23H24N2O6. The number of benzene rings is 2. The minimum absolute atomic E-state index is 0.0472. The number of aryl methyl sites for hydroxylation is 1. The minimum Gasteiger partial charge on any atom is -0.465 e. The zero-order valence-corrected chi connectivity index (χ0v) is 17.6. The van der Waals surface area contributed by atoms with Crippen molar-refractivity contribution in [2.45, 2.75) is 19.8 Å². The second-order valence-electron chi connectivity index (χ2n) is 7.16. The molecule has 3 rings (SSSR count). The van der Waals surface area contributed by atoms with Crippen LogP contribution in [0.1, 0.15) is 39.6 Å². The van der Waals surface area contributed by atoms with Gasteiger partial charge in [-0.2, -0.15) is 0 Å². The first-order chi connectivity index (χ1) is 14.9. The molecule has 1 atom stereocenters. The van der Waals surface area contributed by atoms with Gasteiger partial charge in [0.25, 0.3) is 0 Å². The first kappa shape index (κ1) is 22.0. The lowest BCUT2D eigenvalue weighted by Gasteiger charge is -2.17. The van der Waals surface area contributed by atoms with Crippen molar-refractivity contribution in [3.05, 3.63) is 59.2 Å². The highest BCUT2D eigenvalue weighted by Crippen LogP contribution is 2.27. The zero-order chi connectivity index (χ0) is 22.5. The molecule has 31 heavy (non-hydrogen) atoms. The lowest BCUT2D eigenvalue weighted by atomic mass is 10.1. The predicted molar refractivity (Wildman–Crippen MR) is 114 cm³/mol. The van der Waals surface area contributed by atoms with Crippen LogP contribution in [0.2, 0.25) is 0 Å². The minimum atomic E-state index is -0.660. The number of rotatable bonds is 6. The van der Waals surface area contributed by atoms with E-state index in [0.717, 1.165) is 17.7 Å². The van der Waals surface area contributed by atoms with Gasteiger partial charge in [0.1, 0.15) is 0 Å². The molecule has 8 nitrogen and oxygen atoms in total. The molecule has 1 saturated heterocycles. The Hall–Kier alpha value is -3.68. The lowest BCUT2D eigenvalue weighted by Crippen LogP contribution is -2.28. The van der Waals surface area contributed by atoms with Gasteiger partial charge in [0.2, 0.25) is 11.8 Å². The molecule has 1 aliphatic heterocycles. The van der Waals surface area contributed by atoms with Crippen LogP contribution in [0.25, 0.3) is 0 Å². The van der Waals surface area contributed by atoms with E-state index in [9.17, 15) is 19.2 Å². The SMILES string of the molecule is CCc1ccc(N2CC(C(=O)Nc3cc(C(=O)OC)ccc3C(=O)OC)CC2=O)cc1. The van der Waals surface area contributed by atoms with Gasteiger partial charge in [0.05, 0.1) is 37.0 Å². The van der Waals surface area contributed by atoms with Crippen LogP contribution in [0.4, 0.5) is 11.4 Å². The molecule has 0 aromatic heterocycles. The van der Waals surface area contributed by atoms with Crippen molar-refractivity contribution in [2.75, 3.05) is 31.0 Å². The number of nitrogens with zero attached hydrogens (tertiary/aromatic N) is 1. The average molecular weight is 424 g/mol. The van der Waals surface area contributed by atoms with Gasteiger partial charge in [-0.3, -0.25) is 9.59 Å². The Kier molecular flexibility index (Phi) is 6.69. The Morgan fingerprint density at radius 2 is 1.71 bits per heavy atom. The second kappa shape index (κ2) is 9.42. The first-order valence-electron chi connectivity index (χ1n) is 9.88. The van der Waals surface area contributed by atoms with Crippen LogP contribution in [0.15, 0.2) is 42.5 Å². The smallest absolute Gasteiger partial charge is 0.339 e. The van der Waals surface area contributed by atoms with E-state index in [2.05, 4.69) is 5.32 Å². The first-order valence-corrected chi connectivity index (χ1v) is 9.88. The summed E-state index contributed by atoms with van der Waals surface area (Å²) in [5.41, 5.74) is 2.29. The molecule has 1 fully saturated rings. The van der Waals surface area contributed by atoms with Crippen molar-refractivity contribution < 1.29 is 28.7 Å². The summed E-state index contributed by atoms with van der Waals surface area (Å²) in [6, 6.07) is 11.8. The fourth-order valence-electron chi connectivity index (χ4n) is 3.46. The van der Waals surface area contributed by atoms with Crippen molar-refractivity contribution in [3.63, 3.8) is 0 Å². The van der Waals surface area contributed by atoms with E-state index in [1.54, 1.807) is 4.90 Å². The van der Waals surface area contributed by atoms with Gasteiger partial charge < -0.3 is 19.7 Å². The van der Waals surface area contributed by atoms with Crippen molar-refractivity contribution in [1.29, 1.82) is 0 Å². The van der Waals surface area contributed by atoms with Crippen molar-refractivity contribution in [3.8, 4) is 0 Å². The fourth-order valence-corrected chi connectivity index (χ4v) is 3.46. The molecule has 2 aromatic carbocycles. The molecule has 0 radical (unpaired) electrons. The Morgan fingerprint density at radius 3 is 2.32 bits per heavy atom. The third kappa shape index (κ3) is 4.74. The molecule has 8 heteroatoms. The summed E-state index contributed by atoms with van der Waals surface area (Å²) in [6.45, 7) is 2.27. The number of carbonyl (C=O) groups is 4. The second-order valence-corrected chi connectivity index (χ2v) is 7.16. The number of methoxy groups -OCH3 is 2. The van der Waals surface area contributed by atoms with E-state index < -0.39 is 23.8 Å². The number of carbonyl (C=O) groups excluding carboxylic acids is 4. The van der Waals surface area contributed by atoms with Crippen LogP contribution in [0.5, 0.6) is 0 Å². The van der Waals surface area contributed by atoms with Gasteiger partial charge in [-0.15, -0.1) is 0 Å². The summed E-state index contributed by atoms with van der Waals surface area (Å²) in [5.74, 6) is -2.45. The van der Waals surface area contributed by atoms with Gasteiger partial charge >= 0.3 is 11.9 Å². The summed E-state index contributed by atoms with van der Waals surface area (Å²) in [7, 11) is 2.46. The number of esters is 2. The molecule has 2 aromatic rings. The van der Waals surface area contributed by atoms with Crippen LogP contribution in [0.3, 0.4) is 0 Å².